The zero-order valence-electron chi connectivity index (χ0n) is 10.5. The van der Waals surface area contributed by atoms with E-state index in [2.05, 4.69) is 4.90 Å². The topological polar surface area (TPSA) is 32.7 Å². The molecule has 0 atom stereocenters. The van der Waals surface area contributed by atoms with Gasteiger partial charge in [0.25, 0.3) is 0 Å². The van der Waals surface area contributed by atoms with Gasteiger partial charge < -0.3 is 9.84 Å². The van der Waals surface area contributed by atoms with Crippen LogP contribution >= 0.6 is 0 Å². The summed E-state index contributed by atoms with van der Waals surface area (Å²) in [5.41, 5.74) is 1.16. The maximum Gasteiger partial charge on any atom is 0.160 e. The van der Waals surface area contributed by atoms with Gasteiger partial charge in [0, 0.05) is 6.54 Å². The van der Waals surface area contributed by atoms with Crippen molar-refractivity contribution in [1.29, 1.82) is 0 Å². The maximum atomic E-state index is 9.73. The van der Waals surface area contributed by atoms with Crippen LogP contribution in [0.5, 0.6) is 11.5 Å². The Morgan fingerprint density at radius 3 is 2.47 bits per heavy atom. The van der Waals surface area contributed by atoms with Crippen molar-refractivity contribution >= 4 is 0 Å². The molecule has 1 aromatic carbocycles. The van der Waals surface area contributed by atoms with Crippen molar-refractivity contribution in [3.8, 4) is 11.5 Å². The highest BCUT2D eigenvalue weighted by Gasteiger charge is 2.10. The quantitative estimate of drug-likeness (QED) is 0.874. The van der Waals surface area contributed by atoms with Gasteiger partial charge in [-0.15, -0.1) is 0 Å². The number of nitrogens with zero attached hydrogens (tertiary/aromatic N) is 1. The molecule has 1 heterocycles. The number of ether oxygens (including phenoxy) is 1. The molecule has 0 radical (unpaired) electrons. The Morgan fingerprint density at radius 1 is 1.18 bits per heavy atom. The minimum absolute atomic E-state index is 0.236. The standard InChI is InChI=1S/C14H21NO2/c1-17-14-7-6-12(10-13(14)16)11-15-8-4-2-3-5-9-15/h6-7,10,16H,2-5,8-9,11H2,1H3. The van der Waals surface area contributed by atoms with Gasteiger partial charge >= 0.3 is 0 Å². The highest BCUT2D eigenvalue weighted by atomic mass is 16.5. The molecular formula is C14H21NO2. The summed E-state index contributed by atoms with van der Waals surface area (Å²) in [6.45, 7) is 3.27. The number of likely N-dealkylation sites (tertiary alicyclic amines) is 1. The molecule has 0 unspecified atom stereocenters. The highest BCUT2D eigenvalue weighted by molar-refractivity contribution is 5.41. The Balaban J connectivity index is 1.99. The molecule has 3 heteroatoms. The number of rotatable bonds is 3. The molecule has 94 valence electrons. The molecule has 0 aromatic heterocycles. The first-order chi connectivity index (χ1) is 8.29. The van der Waals surface area contributed by atoms with Gasteiger partial charge in [0.2, 0.25) is 0 Å². The second-order valence-electron chi connectivity index (χ2n) is 4.70. The van der Waals surface area contributed by atoms with E-state index >= 15 is 0 Å². The largest absolute Gasteiger partial charge is 0.504 e. The van der Waals surface area contributed by atoms with Crippen LogP contribution in [0.4, 0.5) is 0 Å². The van der Waals surface area contributed by atoms with E-state index < -0.39 is 0 Å². The summed E-state index contributed by atoms with van der Waals surface area (Å²) in [7, 11) is 1.57. The van der Waals surface area contributed by atoms with E-state index in [1.165, 1.54) is 38.8 Å². The van der Waals surface area contributed by atoms with Crippen molar-refractivity contribution in [3.63, 3.8) is 0 Å². The van der Waals surface area contributed by atoms with Gasteiger partial charge in [-0.05, 0) is 43.6 Å². The Hall–Kier alpha value is -1.22. The lowest BCUT2D eigenvalue weighted by Gasteiger charge is -2.20. The fourth-order valence-corrected chi connectivity index (χ4v) is 2.39. The molecule has 1 aliphatic heterocycles. The Kier molecular flexibility index (Phi) is 4.26. The van der Waals surface area contributed by atoms with E-state index in [9.17, 15) is 5.11 Å². The lowest BCUT2D eigenvalue weighted by Crippen LogP contribution is -2.23. The fourth-order valence-electron chi connectivity index (χ4n) is 2.39. The van der Waals surface area contributed by atoms with Gasteiger partial charge in [-0.3, -0.25) is 4.90 Å². The summed E-state index contributed by atoms with van der Waals surface area (Å²) < 4.78 is 5.05. The molecule has 0 spiro atoms. The van der Waals surface area contributed by atoms with Crippen LogP contribution in [0.3, 0.4) is 0 Å². The molecule has 1 fully saturated rings. The average Bonchev–Trinajstić information content (AvgIpc) is 2.58. The van der Waals surface area contributed by atoms with Crippen LogP contribution in [0.15, 0.2) is 18.2 Å². The summed E-state index contributed by atoms with van der Waals surface area (Å²) >= 11 is 0. The first kappa shape index (κ1) is 12.2. The Morgan fingerprint density at radius 2 is 1.88 bits per heavy atom. The molecule has 1 aliphatic rings. The monoisotopic (exact) mass is 235 g/mol. The van der Waals surface area contributed by atoms with Crippen molar-refractivity contribution in [2.45, 2.75) is 32.2 Å². The molecule has 0 aliphatic carbocycles. The number of phenolic OH excluding ortho intramolecular Hbond substituents is 1. The van der Waals surface area contributed by atoms with Crippen LogP contribution in [0.2, 0.25) is 0 Å². The first-order valence-electron chi connectivity index (χ1n) is 6.38. The number of phenols is 1. The summed E-state index contributed by atoms with van der Waals surface area (Å²) in [5.74, 6) is 0.782. The molecule has 0 saturated carbocycles. The molecule has 3 nitrogen and oxygen atoms in total. The molecule has 1 saturated heterocycles. The second-order valence-corrected chi connectivity index (χ2v) is 4.70. The Bertz CT molecular complexity index is 357. The zero-order valence-corrected chi connectivity index (χ0v) is 10.5. The van der Waals surface area contributed by atoms with E-state index in [0.717, 1.165) is 12.1 Å². The molecule has 0 amide bonds. The van der Waals surface area contributed by atoms with Crippen LogP contribution in [-0.4, -0.2) is 30.2 Å². The highest BCUT2D eigenvalue weighted by Crippen LogP contribution is 2.27. The molecular weight excluding hydrogens is 214 g/mol. The molecule has 17 heavy (non-hydrogen) atoms. The molecule has 1 N–H and O–H groups in total. The average molecular weight is 235 g/mol. The van der Waals surface area contributed by atoms with Gasteiger partial charge in [0.1, 0.15) is 0 Å². The maximum absolute atomic E-state index is 9.73. The summed E-state index contributed by atoms with van der Waals surface area (Å²) in [4.78, 5) is 2.47. The number of aromatic hydroxyl groups is 1. The molecule has 2 rings (SSSR count). The van der Waals surface area contributed by atoms with Crippen molar-refractivity contribution in [2.75, 3.05) is 20.2 Å². The summed E-state index contributed by atoms with van der Waals surface area (Å²) in [6.07, 6.45) is 5.29. The molecule has 0 bridgehead atoms. The van der Waals surface area contributed by atoms with Gasteiger partial charge in [0.05, 0.1) is 7.11 Å². The predicted octanol–water partition coefficient (Wildman–Crippen LogP) is 2.78. The van der Waals surface area contributed by atoms with Gasteiger partial charge in [-0.25, -0.2) is 0 Å². The van der Waals surface area contributed by atoms with Crippen LogP contribution in [0.25, 0.3) is 0 Å². The Labute approximate surface area is 103 Å². The van der Waals surface area contributed by atoms with Crippen LogP contribution < -0.4 is 4.74 Å². The van der Waals surface area contributed by atoms with Crippen molar-refractivity contribution in [3.05, 3.63) is 23.8 Å². The van der Waals surface area contributed by atoms with E-state index in [0.29, 0.717) is 5.75 Å². The third-order valence-electron chi connectivity index (χ3n) is 3.35. The lowest BCUT2D eigenvalue weighted by atomic mass is 10.2. The normalized spacial score (nSPS) is 17.7. The summed E-state index contributed by atoms with van der Waals surface area (Å²) in [6, 6.07) is 5.68. The SMILES string of the molecule is COc1ccc(CN2CCCCCC2)cc1O. The zero-order chi connectivity index (χ0) is 12.1. The van der Waals surface area contributed by atoms with Crippen LogP contribution in [0, 0.1) is 0 Å². The third kappa shape index (κ3) is 3.37. The number of benzene rings is 1. The minimum Gasteiger partial charge on any atom is -0.504 e. The van der Waals surface area contributed by atoms with Crippen molar-refractivity contribution in [2.24, 2.45) is 0 Å². The summed E-state index contributed by atoms with van der Waals surface area (Å²) in [5, 5.41) is 9.73. The van der Waals surface area contributed by atoms with Crippen molar-refractivity contribution < 1.29 is 9.84 Å². The van der Waals surface area contributed by atoms with E-state index in [1.54, 1.807) is 7.11 Å². The van der Waals surface area contributed by atoms with Gasteiger partial charge in [0.15, 0.2) is 11.5 Å². The van der Waals surface area contributed by atoms with Gasteiger partial charge in [-0.2, -0.15) is 0 Å². The minimum atomic E-state index is 0.236. The van der Waals surface area contributed by atoms with Gasteiger partial charge in [-0.1, -0.05) is 18.9 Å². The van der Waals surface area contributed by atoms with E-state index in [1.807, 2.05) is 18.2 Å². The first-order valence-corrected chi connectivity index (χ1v) is 6.38. The predicted molar refractivity (Wildman–Crippen MR) is 68.4 cm³/mol. The second kappa shape index (κ2) is 5.92. The number of hydrogen-bond donors (Lipinski definition) is 1. The number of methoxy groups -OCH3 is 1. The van der Waals surface area contributed by atoms with Crippen molar-refractivity contribution in [1.82, 2.24) is 4.90 Å². The van der Waals surface area contributed by atoms with Crippen LogP contribution in [-0.2, 0) is 6.54 Å². The fraction of sp³-hybridized carbons (Fsp3) is 0.571. The lowest BCUT2D eigenvalue weighted by molar-refractivity contribution is 0.276. The smallest absolute Gasteiger partial charge is 0.160 e. The van der Waals surface area contributed by atoms with E-state index in [4.69, 9.17) is 4.74 Å². The third-order valence-corrected chi connectivity index (χ3v) is 3.35. The number of hydrogen-bond acceptors (Lipinski definition) is 3. The van der Waals surface area contributed by atoms with E-state index in [-0.39, 0.29) is 5.75 Å². The molecule has 1 aromatic rings. The van der Waals surface area contributed by atoms with Crippen LogP contribution in [0.1, 0.15) is 31.2 Å².